The van der Waals surface area contributed by atoms with Crippen molar-refractivity contribution in [2.75, 3.05) is 0 Å². The van der Waals surface area contributed by atoms with Gasteiger partial charge in [-0.25, -0.2) is 0 Å². The van der Waals surface area contributed by atoms with Gasteiger partial charge in [-0.1, -0.05) is 35.9 Å². The smallest absolute Gasteiger partial charge is 0.129 e. The van der Waals surface area contributed by atoms with Crippen LogP contribution in [0.2, 0.25) is 5.02 Å². The number of aromatic hydroxyl groups is 1. The van der Waals surface area contributed by atoms with E-state index in [-0.39, 0.29) is 11.8 Å². The molecule has 4 heteroatoms. The van der Waals surface area contributed by atoms with Gasteiger partial charge in [0.05, 0.1) is 4.47 Å². The van der Waals surface area contributed by atoms with Gasteiger partial charge in [-0.2, -0.15) is 0 Å². The highest BCUT2D eigenvalue weighted by Crippen LogP contribution is 2.25. The maximum Gasteiger partial charge on any atom is 0.129 e. The van der Waals surface area contributed by atoms with Crippen molar-refractivity contribution in [3.63, 3.8) is 0 Å². The zero-order valence-electron chi connectivity index (χ0n) is 10.5. The molecule has 0 aromatic heterocycles. The number of halogens is 2. The Labute approximate surface area is 126 Å². The van der Waals surface area contributed by atoms with Crippen LogP contribution in [0.15, 0.2) is 46.9 Å². The van der Waals surface area contributed by atoms with Crippen LogP contribution in [0, 0.1) is 0 Å². The summed E-state index contributed by atoms with van der Waals surface area (Å²) in [6.45, 7) is 2.79. The third-order valence-electron chi connectivity index (χ3n) is 3.00. The van der Waals surface area contributed by atoms with E-state index in [0.29, 0.717) is 11.0 Å². The van der Waals surface area contributed by atoms with Crippen LogP contribution < -0.4 is 5.32 Å². The molecule has 0 bridgehead atoms. The van der Waals surface area contributed by atoms with Gasteiger partial charge in [-0.3, -0.25) is 0 Å². The van der Waals surface area contributed by atoms with Gasteiger partial charge in [-0.15, -0.1) is 0 Å². The van der Waals surface area contributed by atoms with E-state index in [1.807, 2.05) is 36.4 Å². The van der Waals surface area contributed by atoms with Gasteiger partial charge < -0.3 is 10.4 Å². The standard InChI is InChI=1S/C15H15BrClNO/c1-10(12-4-2-3-5-14(12)17)18-9-11-6-7-15(19)13(16)8-11/h2-8,10,18-19H,9H2,1H3/t10-/m1/s1. The summed E-state index contributed by atoms with van der Waals surface area (Å²) < 4.78 is 0.706. The minimum absolute atomic E-state index is 0.168. The summed E-state index contributed by atoms with van der Waals surface area (Å²) in [6, 6.07) is 13.5. The molecule has 0 spiro atoms. The molecule has 0 unspecified atom stereocenters. The Hall–Kier alpha value is -1.03. The second-order valence-electron chi connectivity index (χ2n) is 4.41. The lowest BCUT2D eigenvalue weighted by atomic mass is 10.1. The first-order valence-electron chi connectivity index (χ1n) is 6.03. The van der Waals surface area contributed by atoms with Crippen molar-refractivity contribution in [1.29, 1.82) is 0 Å². The lowest BCUT2D eigenvalue weighted by Crippen LogP contribution is -2.18. The molecule has 0 aliphatic heterocycles. The van der Waals surface area contributed by atoms with E-state index in [9.17, 15) is 5.11 Å². The molecule has 0 saturated carbocycles. The van der Waals surface area contributed by atoms with E-state index in [1.165, 1.54) is 0 Å². The lowest BCUT2D eigenvalue weighted by Gasteiger charge is -2.16. The average molecular weight is 341 g/mol. The molecule has 2 N–H and O–H groups in total. The van der Waals surface area contributed by atoms with Crippen molar-refractivity contribution in [3.8, 4) is 5.75 Å². The van der Waals surface area contributed by atoms with Crippen LogP contribution in [0.25, 0.3) is 0 Å². The summed E-state index contributed by atoms with van der Waals surface area (Å²) in [5, 5.41) is 13.6. The summed E-state index contributed by atoms with van der Waals surface area (Å²) >= 11 is 9.48. The van der Waals surface area contributed by atoms with Crippen LogP contribution in [0.4, 0.5) is 0 Å². The molecule has 0 saturated heterocycles. The Morgan fingerprint density at radius 2 is 2.00 bits per heavy atom. The van der Waals surface area contributed by atoms with Crippen molar-refractivity contribution in [2.45, 2.75) is 19.5 Å². The number of phenolic OH excluding ortho intramolecular Hbond substituents is 1. The van der Waals surface area contributed by atoms with Gasteiger partial charge in [-0.05, 0) is 52.2 Å². The molecule has 0 aliphatic rings. The molecule has 2 aromatic carbocycles. The van der Waals surface area contributed by atoms with Crippen molar-refractivity contribution in [1.82, 2.24) is 5.32 Å². The molecule has 1 atom stereocenters. The van der Waals surface area contributed by atoms with Gasteiger partial charge in [0.15, 0.2) is 0 Å². The van der Waals surface area contributed by atoms with Crippen LogP contribution in [0.5, 0.6) is 5.75 Å². The van der Waals surface area contributed by atoms with E-state index in [1.54, 1.807) is 6.07 Å². The summed E-state index contributed by atoms with van der Waals surface area (Å²) in [5.74, 6) is 0.253. The van der Waals surface area contributed by atoms with E-state index in [4.69, 9.17) is 11.6 Å². The quantitative estimate of drug-likeness (QED) is 0.848. The molecule has 2 nitrogen and oxygen atoms in total. The molecule has 100 valence electrons. The normalized spacial score (nSPS) is 12.4. The van der Waals surface area contributed by atoms with Crippen LogP contribution in [-0.4, -0.2) is 5.11 Å². The van der Waals surface area contributed by atoms with E-state index in [0.717, 1.165) is 16.1 Å². The number of hydrogen-bond donors (Lipinski definition) is 2. The predicted octanol–water partition coefficient (Wildman–Crippen LogP) is 4.66. The second kappa shape index (κ2) is 6.42. The topological polar surface area (TPSA) is 32.3 Å². The van der Waals surface area contributed by atoms with Gasteiger partial charge in [0.2, 0.25) is 0 Å². The molecular formula is C15H15BrClNO. The highest BCUT2D eigenvalue weighted by atomic mass is 79.9. The predicted molar refractivity (Wildman–Crippen MR) is 82.5 cm³/mol. The maximum absolute atomic E-state index is 9.45. The van der Waals surface area contributed by atoms with Crippen molar-refractivity contribution in [2.24, 2.45) is 0 Å². The van der Waals surface area contributed by atoms with Crippen LogP contribution in [0.1, 0.15) is 24.1 Å². The van der Waals surface area contributed by atoms with E-state index >= 15 is 0 Å². The van der Waals surface area contributed by atoms with Gasteiger partial charge in [0, 0.05) is 17.6 Å². The fourth-order valence-corrected chi connectivity index (χ4v) is 2.59. The van der Waals surface area contributed by atoms with Crippen LogP contribution in [-0.2, 0) is 6.54 Å². The Kier molecular flexibility index (Phi) is 4.86. The molecular weight excluding hydrogens is 326 g/mol. The lowest BCUT2D eigenvalue weighted by molar-refractivity contribution is 0.471. The van der Waals surface area contributed by atoms with Gasteiger partial charge in [0.1, 0.15) is 5.75 Å². The first kappa shape index (κ1) is 14.4. The third kappa shape index (κ3) is 3.72. The summed E-state index contributed by atoms with van der Waals surface area (Å²) in [4.78, 5) is 0. The first-order chi connectivity index (χ1) is 9.08. The molecule has 0 heterocycles. The minimum atomic E-state index is 0.168. The van der Waals surface area contributed by atoms with E-state index < -0.39 is 0 Å². The highest BCUT2D eigenvalue weighted by Gasteiger charge is 2.08. The Balaban J connectivity index is 2.02. The van der Waals surface area contributed by atoms with Gasteiger partial charge in [0.25, 0.3) is 0 Å². The number of rotatable bonds is 4. The number of nitrogens with one attached hydrogen (secondary N) is 1. The summed E-state index contributed by atoms with van der Waals surface area (Å²) in [7, 11) is 0. The third-order valence-corrected chi connectivity index (χ3v) is 3.98. The number of phenols is 1. The fraction of sp³-hybridized carbons (Fsp3) is 0.200. The molecule has 0 amide bonds. The molecule has 0 aliphatic carbocycles. The Bertz CT molecular complexity index is 574. The zero-order chi connectivity index (χ0) is 13.8. The fourth-order valence-electron chi connectivity index (χ4n) is 1.87. The minimum Gasteiger partial charge on any atom is -0.507 e. The monoisotopic (exact) mass is 339 g/mol. The molecule has 19 heavy (non-hydrogen) atoms. The van der Waals surface area contributed by atoms with Crippen LogP contribution in [0.3, 0.4) is 0 Å². The summed E-state index contributed by atoms with van der Waals surface area (Å²) in [6.07, 6.45) is 0. The maximum atomic E-state index is 9.45. The van der Waals surface area contributed by atoms with Crippen molar-refractivity contribution in [3.05, 3.63) is 63.1 Å². The Morgan fingerprint density at radius 1 is 1.26 bits per heavy atom. The van der Waals surface area contributed by atoms with Gasteiger partial charge >= 0.3 is 0 Å². The van der Waals surface area contributed by atoms with Crippen LogP contribution >= 0.6 is 27.5 Å². The van der Waals surface area contributed by atoms with Crippen molar-refractivity contribution >= 4 is 27.5 Å². The highest BCUT2D eigenvalue weighted by molar-refractivity contribution is 9.10. The molecule has 2 rings (SSSR count). The largest absolute Gasteiger partial charge is 0.507 e. The summed E-state index contributed by atoms with van der Waals surface area (Å²) in [5.41, 5.74) is 2.19. The number of hydrogen-bond acceptors (Lipinski definition) is 2. The zero-order valence-corrected chi connectivity index (χ0v) is 12.9. The average Bonchev–Trinajstić information content (AvgIpc) is 2.40. The van der Waals surface area contributed by atoms with E-state index in [2.05, 4.69) is 28.2 Å². The second-order valence-corrected chi connectivity index (χ2v) is 5.67. The molecule has 0 fully saturated rings. The number of benzene rings is 2. The first-order valence-corrected chi connectivity index (χ1v) is 7.20. The molecule has 2 aromatic rings. The molecule has 0 radical (unpaired) electrons. The van der Waals surface area contributed by atoms with Crippen molar-refractivity contribution < 1.29 is 5.11 Å². The SMILES string of the molecule is C[C@@H](NCc1ccc(O)c(Br)c1)c1ccccc1Cl. The Morgan fingerprint density at radius 3 is 2.68 bits per heavy atom.